The van der Waals surface area contributed by atoms with Crippen molar-refractivity contribution in [2.45, 2.75) is 51.9 Å². The zero-order valence-electron chi connectivity index (χ0n) is 38.6. The predicted octanol–water partition coefficient (Wildman–Crippen LogP) is 5.86. The number of carbonyl (C=O) groups excluding carboxylic acids is 2. The van der Waals surface area contributed by atoms with E-state index in [0.29, 0.717) is 165 Å². The molecule has 1 amide bonds. The summed E-state index contributed by atoms with van der Waals surface area (Å²) in [7, 11) is 0. The molecule has 0 spiro atoms. The van der Waals surface area contributed by atoms with Crippen molar-refractivity contribution in [2.24, 2.45) is 5.92 Å². The third-order valence-corrected chi connectivity index (χ3v) is 10.0. The Kier molecular flexibility index (Phi) is 33.5. The lowest BCUT2D eigenvalue weighted by atomic mass is 9.98. The van der Waals surface area contributed by atoms with Gasteiger partial charge in [0.1, 0.15) is 13.2 Å². The lowest BCUT2D eigenvalue weighted by Gasteiger charge is -2.14. The molecule has 1 atom stereocenters. The van der Waals surface area contributed by atoms with E-state index in [2.05, 4.69) is 36.5 Å². The molecule has 0 fully saturated rings. The summed E-state index contributed by atoms with van der Waals surface area (Å²) in [6, 6.07) is 16.6. The summed E-state index contributed by atoms with van der Waals surface area (Å²) < 4.78 is 71.5. The molecular weight excluding hydrogens is 831 g/mol. The maximum atomic E-state index is 12.3. The number of hydrogen-bond donors (Lipinski definition) is 1. The van der Waals surface area contributed by atoms with Crippen LogP contribution in [-0.2, 0) is 66.4 Å². The number of nitrogens with one attached hydrogen (secondary N) is 1. The quantitative estimate of drug-likeness (QED) is 0.0621. The number of hydrogen-bond acceptors (Lipinski definition) is 15. The average Bonchev–Trinajstić information content (AvgIpc) is 3.64. The van der Waals surface area contributed by atoms with Crippen LogP contribution in [0.3, 0.4) is 0 Å². The van der Waals surface area contributed by atoms with Gasteiger partial charge in [-0.1, -0.05) is 75.2 Å². The number of esters is 1. The number of unbranched alkanes of at least 4 members (excludes halogenated alkanes) is 1. The van der Waals surface area contributed by atoms with Gasteiger partial charge < -0.3 is 66.9 Å². The van der Waals surface area contributed by atoms with Gasteiger partial charge in [0.25, 0.3) is 0 Å². The third kappa shape index (κ3) is 26.0. The summed E-state index contributed by atoms with van der Waals surface area (Å²) in [6.45, 7) is 15.6. The Morgan fingerprint density at radius 1 is 0.469 bits per heavy atom. The first-order chi connectivity index (χ1) is 31.7. The smallest absolute Gasteiger partial charge is 0.407 e. The van der Waals surface area contributed by atoms with E-state index in [9.17, 15) is 9.59 Å². The van der Waals surface area contributed by atoms with E-state index < -0.39 is 6.09 Å². The molecule has 364 valence electrons. The lowest BCUT2D eigenvalue weighted by molar-refractivity contribution is -0.150. The van der Waals surface area contributed by atoms with Crippen molar-refractivity contribution in [3.63, 3.8) is 0 Å². The predicted molar refractivity (Wildman–Crippen MR) is 241 cm³/mol. The highest BCUT2D eigenvalue weighted by atomic mass is 16.6. The molecule has 0 heterocycles. The molecule has 1 aliphatic rings. The highest BCUT2D eigenvalue weighted by molar-refractivity contribution is 5.79. The molecule has 0 saturated heterocycles. The Bertz CT molecular complexity index is 1390. The van der Waals surface area contributed by atoms with Crippen molar-refractivity contribution in [3.05, 3.63) is 59.7 Å². The number of carbonyl (C=O) groups is 2. The van der Waals surface area contributed by atoms with Crippen molar-refractivity contribution >= 4 is 12.1 Å². The molecular formula is C48H77NO15. The Hall–Kier alpha value is -3.26. The van der Waals surface area contributed by atoms with Gasteiger partial charge in [0.15, 0.2) is 0 Å². The van der Waals surface area contributed by atoms with Crippen molar-refractivity contribution in [1.29, 1.82) is 0 Å². The van der Waals surface area contributed by atoms with Crippen LogP contribution in [0, 0.1) is 5.92 Å². The van der Waals surface area contributed by atoms with Crippen LogP contribution in [-0.4, -0.2) is 177 Å². The minimum Gasteiger partial charge on any atom is -0.463 e. The second kappa shape index (κ2) is 39.0. The number of ether oxygens (including phenoxy) is 13. The van der Waals surface area contributed by atoms with Crippen LogP contribution < -0.4 is 5.32 Å². The SMILES string of the molecule is CCCCC(CC)C(=O)OCCOCCOCCOCCOCCOCCOCCOCCOCCOCCOCCOCCCNC(=O)OCC1c2ccccc2-c2ccccc21. The van der Waals surface area contributed by atoms with Crippen LogP contribution in [0.1, 0.15) is 63.0 Å². The minimum atomic E-state index is -0.418. The second-order valence-electron chi connectivity index (χ2n) is 14.8. The molecule has 16 heteroatoms. The molecule has 1 aliphatic carbocycles. The van der Waals surface area contributed by atoms with E-state index in [1.165, 1.54) is 22.3 Å². The number of amides is 1. The van der Waals surface area contributed by atoms with Crippen molar-refractivity contribution in [1.82, 2.24) is 5.32 Å². The van der Waals surface area contributed by atoms with Gasteiger partial charge in [-0.3, -0.25) is 4.79 Å². The molecule has 16 nitrogen and oxygen atoms in total. The van der Waals surface area contributed by atoms with Gasteiger partial charge in [0.05, 0.1) is 145 Å². The summed E-state index contributed by atoms with van der Waals surface area (Å²) >= 11 is 0. The summed E-state index contributed by atoms with van der Waals surface area (Å²) in [4.78, 5) is 24.3. The zero-order valence-corrected chi connectivity index (χ0v) is 38.6. The molecule has 0 aromatic heterocycles. The zero-order chi connectivity index (χ0) is 45.4. The molecule has 0 radical (unpaired) electrons. The summed E-state index contributed by atoms with van der Waals surface area (Å²) in [5.74, 6) is -0.0900. The van der Waals surface area contributed by atoms with E-state index in [4.69, 9.17) is 61.6 Å². The highest BCUT2D eigenvalue weighted by Gasteiger charge is 2.29. The van der Waals surface area contributed by atoms with Crippen molar-refractivity contribution < 1.29 is 71.2 Å². The fourth-order valence-electron chi connectivity index (χ4n) is 6.57. The van der Waals surface area contributed by atoms with Crippen LogP contribution in [0.4, 0.5) is 4.79 Å². The fourth-order valence-corrected chi connectivity index (χ4v) is 6.57. The average molecular weight is 908 g/mol. The minimum absolute atomic E-state index is 0.0105. The van der Waals surface area contributed by atoms with Gasteiger partial charge in [-0.05, 0) is 41.5 Å². The first-order valence-corrected chi connectivity index (χ1v) is 23.3. The van der Waals surface area contributed by atoms with Crippen molar-refractivity contribution in [3.8, 4) is 11.1 Å². The standard InChI is InChI=1S/C48H77NO15/c1-3-5-11-41(4-2)47(50)63-39-38-62-37-36-61-35-34-60-33-32-59-31-30-58-29-28-57-27-26-56-25-24-55-23-22-54-21-20-53-19-18-52-17-10-16-49-48(51)64-40-46-44-14-8-6-12-42(44)43-13-7-9-15-45(43)46/h6-9,12-15,41,46H,3-5,10-11,16-40H2,1-2H3,(H,49,51). The van der Waals surface area contributed by atoms with E-state index >= 15 is 0 Å². The monoisotopic (exact) mass is 908 g/mol. The van der Waals surface area contributed by atoms with Crippen LogP contribution in [0.2, 0.25) is 0 Å². The van der Waals surface area contributed by atoms with Crippen molar-refractivity contribution in [2.75, 3.05) is 165 Å². The Labute approximate surface area is 381 Å². The number of alkyl carbamates (subject to hydrolysis) is 1. The molecule has 1 N–H and O–H groups in total. The van der Waals surface area contributed by atoms with E-state index in [1.54, 1.807) is 0 Å². The lowest BCUT2D eigenvalue weighted by Crippen LogP contribution is -2.27. The van der Waals surface area contributed by atoms with E-state index in [-0.39, 0.29) is 24.4 Å². The second-order valence-corrected chi connectivity index (χ2v) is 14.8. The van der Waals surface area contributed by atoms with E-state index in [0.717, 1.165) is 25.7 Å². The first kappa shape index (κ1) is 55.1. The third-order valence-electron chi connectivity index (χ3n) is 10.0. The van der Waals surface area contributed by atoms with Gasteiger partial charge in [0.2, 0.25) is 0 Å². The summed E-state index contributed by atoms with van der Waals surface area (Å²) in [6.07, 6.45) is 4.07. The number of rotatable bonds is 44. The number of fused-ring (bicyclic) bond motifs is 3. The van der Waals surface area contributed by atoms with E-state index in [1.807, 2.05) is 31.2 Å². The van der Waals surface area contributed by atoms with Crippen LogP contribution in [0.5, 0.6) is 0 Å². The van der Waals surface area contributed by atoms with Gasteiger partial charge in [-0.15, -0.1) is 0 Å². The first-order valence-electron chi connectivity index (χ1n) is 23.3. The Morgan fingerprint density at radius 2 is 0.828 bits per heavy atom. The maximum absolute atomic E-state index is 12.3. The largest absolute Gasteiger partial charge is 0.463 e. The molecule has 2 aromatic carbocycles. The summed E-state index contributed by atoms with van der Waals surface area (Å²) in [5, 5.41) is 2.81. The van der Waals surface area contributed by atoms with Crippen LogP contribution in [0.15, 0.2) is 48.5 Å². The molecule has 1 unspecified atom stereocenters. The highest BCUT2D eigenvalue weighted by Crippen LogP contribution is 2.44. The molecule has 64 heavy (non-hydrogen) atoms. The van der Waals surface area contributed by atoms with Crippen LogP contribution in [0.25, 0.3) is 11.1 Å². The molecule has 3 rings (SSSR count). The molecule has 2 aromatic rings. The number of benzene rings is 2. The summed E-state index contributed by atoms with van der Waals surface area (Å²) in [5.41, 5.74) is 4.80. The van der Waals surface area contributed by atoms with Crippen LogP contribution >= 0.6 is 0 Å². The Morgan fingerprint density at radius 3 is 1.20 bits per heavy atom. The van der Waals surface area contributed by atoms with Gasteiger partial charge in [0, 0.05) is 19.1 Å². The maximum Gasteiger partial charge on any atom is 0.407 e. The fraction of sp³-hybridized carbons (Fsp3) is 0.708. The van der Waals surface area contributed by atoms with Gasteiger partial charge >= 0.3 is 12.1 Å². The normalized spacial score (nSPS) is 12.6. The topological polar surface area (TPSA) is 166 Å². The molecule has 0 aliphatic heterocycles. The van der Waals surface area contributed by atoms with Gasteiger partial charge in [-0.25, -0.2) is 4.79 Å². The molecule has 0 saturated carbocycles. The molecule has 0 bridgehead atoms. The van der Waals surface area contributed by atoms with Gasteiger partial charge in [-0.2, -0.15) is 0 Å². The Balaban J connectivity index is 0.921.